The van der Waals surface area contributed by atoms with Gasteiger partial charge in [0, 0.05) is 25.8 Å². The van der Waals surface area contributed by atoms with E-state index < -0.39 is 44.2 Å². The van der Waals surface area contributed by atoms with E-state index in [9.17, 15) is 26.4 Å². The second-order valence-corrected chi connectivity index (χ2v) is 9.60. The summed E-state index contributed by atoms with van der Waals surface area (Å²) in [5.41, 5.74) is -1.79. The number of amides is 1. The van der Waals surface area contributed by atoms with E-state index in [0.717, 1.165) is 0 Å². The molecule has 2 aliphatic heterocycles. The summed E-state index contributed by atoms with van der Waals surface area (Å²) in [6.07, 6.45) is -4.59. The number of aromatic nitrogens is 1. The summed E-state index contributed by atoms with van der Waals surface area (Å²) in [4.78, 5) is 18.7. The van der Waals surface area contributed by atoms with Crippen LogP contribution in [-0.4, -0.2) is 61.4 Å². The Morgan fingerprint density at radius 2 is 1.93 bits per heavy atom. The van der Waals surface area contributed by atoms with Gasteiger partial charge in [0.1, 0.15) is 16.3 Å². The third-order valence-electron chi connectivity index (χ3n) is 4.31. The molecule has 3 rings (SSSR count). The topological polar surface area (TPSA) is 79.8 Å². The molecule has 2 aliphatic rings. The zero-order valence-electron chi connectivity index (χ0n) is 15.1. The van der Waals surface area contributed by atoms with E-state index in [1.807, 2.05) is 0 Å². The number of nitrogens with zero attached hydrogens (tertiary/aromatic N) is 3. The molecule has 150 valence electrons. The number of pyridine rings is 1. The molecule has 0 spiro atoms. The molecule has 0 N–H and O–H groups in total. The number of hydrogen-bond acceptors (Lipinski definition) is 6. The predicted octanol–water partition coefficient (Wildman–Crippen LogP) is 2.31. The van der Waals surface area contributed by atoms with Crippen LogP contribution in [0.25, 0.3) is 0 Å². The molecule has 27 heavy (non-hydrogen) atoms. The van der Waals surface area contributed by atoms with Crippen LogP contribution in [-0.2, 0) is 20.8 Å². The summed E-state index contributed by atoms with van der Waals surface area (Å²) < 4.78 is 69.1. The molecule has 11 heteroatoms. The normalized spacial score (nSPS) is 22.1. The number of alkyl halides is 3. The number of ether oxygens (including phenoxy) is 1. The van der Waals surface area contributed by atoms with Crippen LogP contribution in [0.2, 0.25) is 0 Å². The fourth-order valence-corrected chi connectivity index (χ4v) is 4.88. The summed E-state index contributed by atoms with van der Waals surface area (Å²) in [6.45, 7) is 5.79. The first-order valence-corrected chi connectivity index (χ1v) is 9.98. The molecule has 1 aromatic rings. The molecule has 0 radical (unpaired) electrons. The van der Waals surface area contributed by atoms with Gasteiger partial charge in [0.2, 0.25) is 0 Å². The van der Waals surface area contributed by atoms with Crippen molar-refractivity contribution >= 4 is 21.7 Å². The first-order chi connectivity index (χ1) is 12.3. The van der Waals surface area contributed by atoms with Crippen LogP contribution < -0.4 is 4.90 Å². The van der Waals surface area contributed by atoms with Crippen LogP contribution in [0, 0.1) is 0 Å². The molecule has 0 saturated carbocycles. The van der Waals surface area contributed by atoms with Crippen molar-refractivity contribution in [3.63, 3.8) is 0 Å². The zero-order chi connectivity index (χ0) is 20.2. The Bertz CT molecular complexity index is 865. The molecule has 1 aromatic heterocycles. The van der Waals surface area contributed by atoms with Crippen molar-refractivity contribution in [2.45, 2.75) is 43.5 Å². The maximum absolute atomic E-state index is 12.9. The molecule has 1 atom stereocenters. The predicted molar refractivity (Wildman–Crippen MR) is 90.2 cm³/mol. The highest BCUT2D eigenvalue weighted by atomic mass is 32.2. The number of piperazine rings is 1. The van der Waals surface area contributed by atoms with E-state index in [0.29, 0.717) is 12.3 Å². The van der Waals surface area contributed by atoms with Gasteiger partial charge < -0.3 is 14.5 Å². The van der Waals surface area contributed by atoms with Gasteiger partial charge in [-0.05, 0) is 26.8 Å². The van der Waals surface area contributed by atoms with E-state index >= 15 is 0 Å². The van der Waals surface area contributed by atoms with Crippen LogP contribution in [0.4, 0.5) is 23.8 Å². The van der Waals surface area contributed by atoms with Gasteiger partial charge in [-0.25, -0.2) is 18.2 Å². The Balaban J connectivity index is 1.89. The Kier molecular flexibility index (Phi) is 4.56. The van der Waals surface area contributed by atoms with Gasteiger partial charge in [-0.1, -0.05) is 0 Å². The Morgan fingerprint density at radius 1 is 1.26 bits per heavy atom. The lowest BCUT2D eigenvalue weighted by Crippen LogP contribution is -2.59. The smallest absolute Gasteiger partial charge is 0.417 e. The van der Waals surface area contributed by atoms with Crippen LogP contribution in [0.5, 0.6) is 0 Å². The van der Waals surface area contributed by atoms with Gasteiger partial charge in [-0.3, -0.25) is 0 Å². The molecule has 1 amide bonds. The fourth-order valence-electron chi connectivity index (χ4n) is 3.15. The minimum Gasteiger partial charge on any atom is -0.444 e. The van der Waals surface area contributed by atoms with Gasteiger partial charge in [0.15, 0.2) is 9.84 Å². The highest BCUT2D eigenvalue weighted by Gasteiger charge is 2.43. The number of anilines is 1. The van der Waals surface area contributed by atoms with Crippen molar-refractivity contribution in [2.75, 3.05) is 30.3 Å². The fraction of sp³-hybridized carbons (Fsp3) is 0.625. The Hall–Kier alpha value is -2.04. The van der Waals surface area contributed by atoms with Crippen molar-refractivity contribution < 1.29 is 31.1 Å². The quantitative estimate of drug-likeness (QED) is 0.657. The molecular formula is C16H20F3N3O4S. The largest absolute Gasteiger partial charge is 0.444 e. The average molecular weight is 407 g/mol. The Morgan fingerprint density at radius 3 is 2.52 bits per heavy atom. The number of hydrogen-bond donors (Lipinski definition) is 0. The van der Waals surface area contributed by atoms with Gasteiger partial charge >= 0.3 is 12.3 Å². The number of sulfone groups is 1. The molecule has 1 saturated heterocycles. The third kappa shape index (κ3) is 3.97. The second kappa shape index (κ2) is 6.25. The van der Waals surface area contributed by atoms with Crippen molar-refractivity contribution in [1.29, 1.82) is 0 Å². The molecule has 0 aliphatic carbocycles. The summed E-state index contributed by atoms with van der Waals surface area (Å²) in [5.74, 6) is -0.384. The lowest BCUT2D eigenvalue weighted by atomic mass is 10.1. The summed E-state index contributed by atoms with van der Waals surface area (Å²) >= 11 is 0. The summed E-state index contributed by atoms with van der Waals surface area (Å²) in [6, 6.07) is 0.0433. The minimum atomic E-state index is -4.68. The van der Waals surface area contributed by atoms with Crippen LogP contribution in [0.1, 0.15) is 26.3 Å². The lowest BCUT2D eigenvalue weighted by molar-refractivity contribution is -0.138. The maximum Gasteiger partial charge on any atom is 0.417 e. The third-order valence-corrected chi connectivity index (χ3v) is 6.11. The number of fused-ring (bicyclic) bond motifs is 3. The van der Waals surface area contributed by atoms with E-state index in [1.54, 1.807) is 25.7 Å². The Labute approximate surface area is 155 Å². The monoisotopic (exact) mass is 407 g/mol. The molecular weight excluding hydrogens is 387 g/mol. The van der Waals surface area contributed by atoms with Crippen molar-refractivity contribution in [1.82, 2.24) is 9.88 Å². The molecule has 0 aromatic carbocycles. The first kappa shape index (κ1) is 19.7. The summed E-state index contributed by atoms with van der Waals surface area (Å²) in [7, 11) is -3.96. The van der Waals surface area contributed by atoms with E-state index in [1.165, 1.54) is 4.90 Å². The van der Waals surface area contributed by atoms with Crippen LogP contribution >= 0.6 is 0 Å². The van der Waals surface area contributed by atoms with Crippen molar-refractivity contribution in [2.24, 2.45) is 0 Å². The molecule has 0 bridgehead atoms. The highest BCUT2D eigenvalue weighted by Crippen LogP contribution is 2.37. The van der Waals surface area contributed by atoms with Crippen molar-refractivity contribution in [3.05, 3.63) is 17.8 Å². The summed E-state index contributed by atoms with van der Waals surface area (Å²) in [5, 5.41) is 0. The van der Waals surface area contributed by atoms with Gasteiger partial charge in [-0.2, -0.15) is 13.2 Å². The second-order valence-electron chi connectivity index (χ2n) is 7.60. The number of carbonyl (C=O) groups excluding carboxylic acids is 1. The molecule has 3 heterocycles. The number of rotatable bonds is 0. The highest BCUT2D eigenvalue weighted by molar-refractivity contribution is 7.91. The van der Waals surface area contributed by atoms with Crippen LogP contribution in [0.15, 0.2) is 17.2 Å². The molecule has 1 fully saturated rings. The van der Waals surface area contributed by atoms with Gasteiger partial charge in [-0.15, -0.1) is 0 Å². The van der Waals surface area contributed by atoms with E-state index in [4.69, 9.17) is 4.74 Å². The average Bonchev–Trinajstić information content (AvgIpc) is 2.51. The van der Waals surface area contributed by atoms with Gasteiger partial charge in [0.05, 0.1) is 17.4 Å². The number of halogens is 3. The first-order valence-electron chi connectivity index (χ1n) is 8.32. The van der Waals surface area contributed by atoms with E-state index in [2.05, 4.69) is 4.98 Å². The minimum absolute atomic E-state index is 0.00286. The van der Waals surface area contributed by atoms with E-state index in [-0.39, 0.29) is 31.2 Å². The molecule has 0 unspecified atom stereocenters. The zero-order valence-corrected chi connectivity index (χ0v) is 15.9. The van der Waals surface area contributed by atoms with Gasteiger partial charge in [0.25, 0.3) is 0 Å². The molecule has 7 nitrogen and oxygen atoms in total. The lowest BCUT2D eigenvalue weighted by Gasteiger charge is -2.44. The van der Waals surface area contributed by atoms with Crippen molar-refractivity contribution in [3.8, 4) is 0 Å². The maximum atomic E-state index is 12.9. The standard InChI is InChI=1S/C16H20F3N3O4S/c1-15(2,3)26-14(23)21-4-5-22-11(8-21)9-27(24,25)12-6-10(16(17,18)19)7-20-13(12)22/h6-7,11H,4-5,8-9H2,1-3H3/t11-/m0/s1. The SMILES string of the molecule is CC(C)(C)OC(=O)N1CCN2c3ncc(C(F)(F)F)cc3S(=O)(=O)C[C@@H]2C1. The van der Waals surface area contributed by atoms with Crippen LogP contribution in [0.3, 0.4) is 0 Å². The number of carbonyl (C=O) groups is 1.